The highest BCUT2D eigenvalue weighted by atomic mass is 79.9. The van der Waals surface area contributed by atoms with E-state index in [1.54, 1.807) is 36.4 Å². The maximum absolute atomic E-state index is 13.7. The average Bonchev–Trinajstić information content (AvgIpc) is 3.37. The number of rotatable bonds is 5. The van der Waals surface area contributed by atoms with E-state index in [0.717, 1.165) is 21.0 Å². The SMILES string of the molecule is COc1cccc(N2C(=O)C(O)=C(C(=O)c3cc4cc(Br)ccc4o3)C2c2ccccc2C)c1. The molecule has 6 nitrogen and oxygen atoms in total. The van der Waals surface area contributed by atoms with Crippen molar-refractivity contribution in [3.05, 3.63) is 105 Å². The van der Waals surface area contributed by atoms with Crippen molar-refractivity contribution in [3.8, 4) is 5.75 Å². The molecule has 7 heteroatoms. The number of ketones is 1. The first-order valence-electron chi connectivity index (χ1n) is 10.6. The molecular formula is C27H20BrNO5. The number of carbonyl (C=O) groups excluding carboxylic acids is 2. The van der Waals surface area contributed by atoms with Crippen LogP contribution in [0, 0.1) is 6.92 Å². The Kier molecular flexibility index (Phi) is 5.49. The number of aliphatic hydroxyl groups is 1. The second-order valence-corrected chi connectivity index (χ2v) is 8.94. The molecular weight excluding hydrogens is 498 g/mol. The van der Waals surface area contributed by atoms with Gasteiger partial charge in [0.15, 0.2) is 11.5 Å². The number of furan rings is 1. The zero-order valence-electron chi connectivity index (χ0n) is 18.4. The van der Waals surface area contributed by atoms with Gasteiger partial charge < -0.3 is 14.3 Å². The summed E-state index contributed by atoms with van der Waals surface area (Å²) >= 11 is 3.42. The average molecular weight is 518 g/mol. The summed E-state index contributed by atoms with van der Waals surface area (Å²) in [6.45, 7) is 1.90. The van der Waals surface area contributed by atoms with E-state index in [1.165, 1.54) is 12.0 Å². The number of fused-ring (bicyclic) bond motifs is 1. The Morgan fingerprint density at radius 2 is 1.85 bits per heavy atom. The van der Waals surface area contributed by atoms with Gasteiger partial charge in [0.2, 0.25) is 5.78 Å². The van der Waals surface area contributed by atoms with Crippen molar-refractivity contribution in [3.63, 3.8) is 0 Å². The molecule has 0 saturated carbocycles. The molecule has 0 bridgehead atoms. The van der Waals surface area contributed by atoms with Crippen molar-refractivity contribution in [2.24, 2.45) is 0 Å². The second-order valence-electron chi connectivity index (χ2n) is 8.02. The Hall–Kier alpha value is -3.84. The zero-order chi connectivity index (χ0) is 24.0. The molecule has 3 aromatic carbocycles. The smallest absolute Gasteiger partial charge is 0.294 e. The van der Waals surface area contributed by atoms with E-state index in [4.69, 9.17) is 9.15 Å². The summed E-state index contributed by atoms with van der Waals surface area (Å²) in [6, 6.07) is 20.6. The normalized spacial score (nSPS) is 15.9. The van der Waals surface area contributed by atoms with Gasteiger partial charge in [0.1, 0.15) is 11.3 Å². The van der Waals surface area contributed by atoms with E-state index in [1.807, 2.05) is 43.3 Å². The number of halogens is 1. The number of Topliss-reactive ketones (excluding diaryl/α,β-unsaturated/α-hetero) is 1. The van der Waals surface area contributed by atoms with Crippen molar-refractivity contribution in [2.75, 3.05) is 12.0 Å². The molecule has 1 aliphatic heterocycles. The number of hydrogen-bond donors (Lipinski definition) is 1. The first-order chi connectivity index (χ1) is 16.4. The second kappa shape index (κ2) is 8.50. The molecule has 0 spiro atoms. The Balaban J connectivity index is 1.68. The number of ether oxygens (including phenoxy) is 1. The van der Waals surface area contributed by atoms with E-state index in [0.29, 0.717) is 17.0 Å². The van der Waals surface area contributed by atoms with Gasteiger partial charge in [-0.1, -0.05) is 46.3 Å². The van der Waals surface area contributed by atoms with Gasteiger partial charge in [-0.25, -0.2) is 0 Å². The molecule has 1 atom stereocenters. The van der Waals surface area contributed by atoms with Crippen molar-refractivity contribution in [1.29, 1.82) is 0 Å². The number of aliphatic hydroxyl groups excluding tert-OH is 1. The van der Waals surface area contributed by atoms with Crippen LogP contribution in [0.4, 0.5) is 5.69 Å². The first-order valence-corrected chi connectivity index (χ1v) is 11.4. The van der Waals surface area contributed by atoms with Gasteiger partial charge in [0.25, 0.3) is 5.91 Å². The molecule has 5 rings (SSSR count). The van der Waals surface area contributed by atoms with Gasteiger partial charge in [-0.3, -0.25) is 14.5 Å². The minimum atomic E-state index is -0.840. The van der Waals surface area contributed by atoms with Crippen LogP contribution in [0.1, 0.15) is 27.7 Å². The number of methoxy groups -OCH3 is 1. The lowest BCUT2D eigenvalue weighted by molar-refractivity contribution is -0.117. The number of hydrogen-bond acceptors (Lipinski definition) is 5. The van der Waals surface area contributed by atoms with Crippen LogP contribution in [-0.2, 0) is 4.79 Å². The van der Waals surface area contributed by atoms with Crippen LogP contribution in [0.2, 0.25) is 0 Å². The number of amides is 1. The molecule has 1 amide bonds. The number of benzene rings is 3. The fraction of sp³-hybridized carbons (Fsp3) is 0.111. The standard InChI is InChI=1S/C27H20BrNO5/c1-15-6-3-4-9-20(15)24-23(25(30)22-13-16-12-17(28)10-11-21(16)34-22)26(31)27(32)29(24)18-7-5-8-19(14-18)33-2/h3-14,24,31H,1-2H3. The molecule has 0 radical (unpaired) electrons. The predicted molar refractivity (Wildman–Crippen MR) is 132 cm³/mol. The van der Waals surface area contributed by atoms with Crippen LogP contribution in [0.15, 0.2) is 93.0 Å². The van der Waals surface area contributed by atoms with Crippen LogP contribution in [0.3, 0.4) is 0 Å². The van der Waals surface area contributed by atoms with E-state index in [2.05, 4.69) is 15.9 Å². The van der Waals surface area contributed by atoms with Crippen molar-refractivity contribution >= 4 is 44.3 Å². The highest BCUT2D eigenvalue weighted by Crippen LogP contribution is 2.43. The van der Waals surface area contributed by atoms with Crippen molar-refractivity contribution in [2.45, 2.75) is 13.0 Å². The lowest BCUT2D eigenvalue weighted by Crippen LogP contribution is -2.31. The highest BCUT2D eigenvalue weighted by molar-refractivity contribution is 9.10. The Bertz CT molecular complexity index is 1490. The third-order valence-corrected chi connectivity index (χ3v) is 6.46. The monoisotopic (exact) mass is 517 g/mol. The van der Waals surface area contributed by atoms with E-state index < -0.39 is 23.5 Å². The molecule has 1 unspecified atom stereocenters. The van der Waals surface area contributed by atoms with Crippen LogP contribution in [0.25, 0.3) is 11.0 Å². The lowest BCUT2D eigenvalue weighted by atomic mass is 9.92. The minimum Gasteiger partial charge on any atom is -0.503 e. The maximum Gasteiger partial charge on any atom is 0.294 e. The summed E-state index contributed by atoms with van der Waals surface area (Å²) < 4.78 is 12.0. The Morgan fingerprint density at radius 3 is 2.62 bits per heavy atom. The lowest BCUT2D eigenvalue weighted by Gasteiger charge is -2.28. The van der Waals surface area contributed by atoms with E-state index in [9.17, 15) is 14.7 Å². The van der Waals surface area contributed by atoms with Crippen molar-refractivity contribution in [1.82, 2.24) is 0 Å². The van der Waals surface area contributed by atoms with Crippen LogP contribution < -0.4 is 9.64 Å². The van der Waals surface area contributed by atoms with E-state index in [-0.39, 0.29) is 11.3 Å². The molecule has 0 fully saturated rings. The summed E-state index contributed by atoms with van der Waals surface area (Å²) in [5, 5.41) is 11.7. The number of carbonyl (C=O) groups is 2. The third-order valence-electron chi connectivity index (χ3n) is 5.97. The van der Waals surface area contributed by atoms with Crippen molar-refractivity contribution < 1.29 is 23.8 Å². The van der Waals surface area contributed by atoms with Gasteiger partial charge in [0.05, 0.1) is 18.7 Å². The fourth-order valence-corrected chi connectivity index (χ4v) is 4.69. The minimum absolute atomic E-state index is 0.0276. The van der Waals surface area contributed by atoms with Crippen LogP contribution in [0.5, 0.6) is 5.75 Å². The van der Waals surface area contributed by atoms with Gasteiger partial charge >= 0.3 is 0 Å². The largest absolute Gasteiger partial charge is 0.503 e. The molecule has 4 aromatic rings. The maximum atomic E-state index is 13.7. The molecule has 170 valence electrons. The van der Waals surface area contributed by atoms with Gasteiger partial charge in [-0.15, -0.1) is 0 Å². The molecule has 1 N–H and O–H groups in total. The zero-order valence-corrected chi connectivity index (χ0v) is 20.0. The van der Waals surface area contributed by atoms with Crippen LogP contribution in [-0.4, -0.2) is 23.9 Å². The molecule has 0 aliphatic carbocycles. The number of nitrogens with zero attached hydrogens (tertiary/aromatic N) is 1. The fourth-order valence-electron chi connectivity index (χ4n) is 4.31. The van der Waals surface area contributed by atoms with Crippen LogP contribution >= 0.6 is 15.9 Å². The number of anilines is 1. The van der Waals surface area contributed by atoms with Gasteiger partial charge in [-0.05, 0) is 54.4 Å². The summed E-state index contributed by atoms with van der Waals surface area (Å²) in [7, 11) is 1.54. The molecule has 1 aromatic heterocycles. The van der Waals surface area contributed by atoms with Gasteiger partial charge in [0, 0.05) is 21.6 Å². The van der Waals surface area contributed by atoms with E-state index >= 15 is 0 Å². The molecule has 0 saturated heterocycles. The summed E-state index contributed by atoms with van der Waals surface area (Å²) in [4.78, 5) is 28.5. The summed E-state index contributed by atoms with van der Waals surface area (Å²) in [5.74, 6) is -1.20. The predicted octanol–water partition coefficient (Wildman–Crippen LogP) is 6.30. The summed E-state index contributed by atoms with van der Waals surface area (Å²) in [6.07, 6.45) is 0. The Labute approximate surface area is 204 Å². The topological polar surface area (TPSA) is 80.0 Å². The van der Waals surface area contributed by atoms with Gasteiger partial charge in [-0.2, -0.15) is 0 Å². The molecule has 34 heavy (non-hydrogen) atoms. The quantitative estimate of drug-likeness (QED) is 0.314. The summed E-state index contributed by atoms with van der Waals surface area (Å²) in [5.41, 5.74) is 2.61. The first kappa shape index (κ1) is 22.0. The third kappa shape index (κ3) is 3.58. The highest BCUT2D eigenvalue weighted by Gasteiger charge is 2.45. The molecule has 1 aliphatic rings. The number of aryl methyl sites for hydroxylation is 1. The molecule has 2 heterocycles. The Morgan fingerprint density at radius 1 is 1.06 bits per heavy atom.